The molecule has 0 N–H and O–H groups in total. The number of furan rings is 1. The van der Waals surface area contributed by atoms with Crippen molar-refractivity contribution in [2.75, 3.05) is 39.3 Å². The molecule has 0 unspecified atom stereocenters. The summed E-state index contributed by atoms with van der Waals surface area (Å²) in [5.41, 5.74) is 1.22. The van der Waals surface area contributed by atoms with Crippen molar-refractivity contribution in [3.63, 3.8) is 0 Å². The molecular formula is C24H31N3O5S. The molecule has 3 heterocycles. The van der Waals surface area contributed by atoms with Crippen molar-refractivity contribution < 1.29 is 22.4 Å². The average Bonchev–Trinajstić information content (AvgIpc) is 3.50. The lowest BCUT2D eigenvalue weighted by Crippen LogP contribution is -2.50. The van der Waals surface area contributed by atoms with E-state index in [9.17, 15) is 18.0 Å². The lowest BCUT2D eigenvalue weighted by molar-refractivity contribution is -0.132. The van der Waals surface area contributed by atoms with E-state index in [2.05, 4.69) is 12.1 Å². The molecule has 1 aromatic heterocycles. The third-order valence-corrected chi connectivity index (χ3v) is 8.39. The fraction of sp³-hybridized carbons (Fsp3) is 0.500. The van der Waals surface area contributed by atoms with E-state index in [0.29, 0.717) is 45.7 Å². The normalized spacial score (nSPS) is 17.5. The molecule has 8 nitrogen and oxygen atoms in total. The van der Waals surface area contributed by atoms with Crippen LogP contribution in [-0.4, -0.2) is 73.6 Å². The lowest BCUT2D eigenvalue weighted by Gasteiger charge is -2.34. The maximum atomic E-state index is 12.9. The van der Waals surface area contributed by atoms with E-state index < -0.39 is 10.0 Å². The molecule has 2 amide bonds. The van der Waals surface area contributed by atoms with Gasteiger partial charge in [-0.25, -0.2) is 8.42 Å². The Morgan fingerprint density at radius 1 is 0.939 bits per heavy atom. The van der Waals surface area contributed by atoms with Crippen molar-refractivity contribution in [1.29, 1.82) is 0 Å². The third-order valence-electron chi connectivity index (χ3n) is 6.38. The summed E-state index contributed by atoms with van der Waals surface area (Å²) >= 11 is 0. The second kappa shape index (κ2) is 10.1. The highest BCUT2D eigenvalue weighted by molar-refractivity contribution is 7.89. The number of piperazine rings is 1. The van der Waals surface area contributed by atoms with Crippen LogP contribution < -0.4 is 0 Å². The van der Waals surface area contributed by atoms with Crippen molar-refractivity contribution >= 4 is 21.8 Å². The molecule has 0 aliphatic carbocycles. The fourth-order valence-electron chi connectivity index (χ4n) is 4.46. The topological polar surface area (TPSA) is 91.1 Å². The smallest absolute Gasteiger partial charge is 0.289 e. The van der Waals surface area contributed by atoms with Gasteiger partial charge in [-0.2, -0.15) is 4.31 Å². The SMILES string of the molecule is Cc1oc(C(=O)N2CCN(C(=O)CCCc3ccccc3)CC2)cc1S(=O)(=O)N1CCCC1. The summed E-state index contributed by atoms with van der Waals surface area (Å²) in [7, 11) is -3.65. The molecule has 2 aliphatic heterocycles. The summed E-state index contributed by atoms with van der Waals surface area (Å²) in [4.78, 5) is 29.0. The number of hydrogen-bond acceptors (Lipinski definition) is 5. The highest BCUT2D eigenvalue weighted by Crippen LogP contribution is 2.27. The largest absolute Gasteiger partial charge is 0.455 e. The predicted molar refractivity (Wildman–Crippen MR) is 123 cm³/mol. The maximum absolute atomic E-state index is 12.9. The minimum absolute atomic E-state index is 0.0351. The first kappa shape index (κ1) is 23.5. The van der Waals surface area contributed by atoms with Crippen molar-refractivity contribution in [3.8, 4) is 0 Å². The Hall–Kier alpha value is -2.65. The van der Waals surface area contributed by atoms with Gasteiger partial charge in [-0.1, -0.05) is 30.3 Å². The van der Waals surface area contributed by atoms with E-state index in [4.69, 9.17) is 4.42 Å². The Bertz CT molecular complexity index is 1080. The van der Waals surface area contributed by atoms with Crippen LogP contribution in [-0.2, 0) is 21.2 Å². The van der Waals surface area contributed by atoms with Crippen LogP contribution in [0.15, 0.2) is 45.7 Å². The second-order valence-electron chi connectivity index (χ2n) is 8.65. The number of sulfonamides is 1. The molecule has 0 spiro atoms. The van der Waals surface area contributed by atoms with Gasteiger partial charge in [0.15, 0.2) is 5.76 Å². The molecule has 0 bridgehead atoms. The number of amides is 2. The molecule has 9 heteroatoms. The first-order valence-corrected chi connectivity index (χ1v) is 13.0. The quantitative estimate of drug-likeness (QED) is 0.617. The Balaban J connectivity index is 1.30. The van der Waals surface area contributed by atoms with Crippen LogP contribution in [0, 0.1) is 6.92 Å². The van der Waals surface area contributed by atoms with Crippen LogP contribution in [0.3, 0.4) is 0 Å². The van der Waals surface area contributed by atoms with E-state index in [-0.39, 0.29) is 28.2 Å². The number of hydrogen-bond donors (Lipinski definition) is 0. The van der Waals surface area contributed by atoms with Crippen molar-refractivity contribution in [2.45, 2.75) is 43.9 Å². The van der Waals surface area contributed by atoms with Crippen LogP contribution in [0.2, 0.25) is 0 Å². The minimum Gasteiger partial charge on any atom is -0.455 e. The fourth-order valence-corrected chi connectivity index (χ4v) is 6.13. The molecule has 1 aromatic carbocycles. The van der Waals surface area contributed by atoms with Gasteiger partial charge in [0.05, 0.1) is 0 Å². The summed E-state index contributed by atoms with van der Waals surface area (Å²) < 4.78 is 32.7. The summed E-state index contributed by atoms with van der Waals surface area (Å²) in [6.45, 7) is 4.30. The van der Waals surface area contributed by atoms with E-state index in [0.717, 1.165) is 25.7 Å². The summed E-state index contributed by atoms with van der Waals surface area (Å²) in [5, 5.41) is 0. The van der Waals surface area contributed by atoms with Crippen LogP contribution in [0.1, 0.15) is 47.6 Å². The zero-order valence-electron chi connectivity index (χ0n) is 19.0. The van der Waals surface area contributed by atoms with Gasteiger partial charge in [-0.3, -0.25) is 9.59 Å². The summed E-state index contributed by atoms with van der Waals surface area (Å²) in [6, 6.07) is 11.5. The summed E-state index contributed by atoms with van der Waals surface area (Å²) in [6.07, 6.45) is 3.83. The van der Waals surface area contributed by atoms with Gasteiger partial charge in [0.2, 0.25) is 15.9 Å². The number of rotatable bonds is 7. The Morgan fingerprint density at radius 3 is 2.24 bits per heavy atom. The molecule has 4 rings (SSSR count). The Morgan fingerprint density at radius 2 is 1.58 bits per heavy atom. The predicted octanol–water partition coefficient (Wildman–Crippen LogP) is 2.68. The first-order valence-electron chi connectivity index (χ1n) is 11.6. The van der Waals surface area contributed by atoms with Gasteiger partial charge in [-0.05, 0) is 38.2 Å². The van der Waals surface area contributed by atoms with Crippen LogP contribution in [0.4, 0.5) is 0 Å². The Labute approximate surface area is 195 Å². The summed E-state index contributed by atoms with van der Waals surface area (Å²) in [5.74, 6) is 0.0356. The maximum Gasteiger partial charge on any atom is 0.289 e. The second-order valence-corrected chi connectivity index (χ2v) is 10.6. The van der Waals surface area contributed by atoms with Gasteiger partial charge in [-0.15, -0.1) is 0 Å². The highest BCUT2D eigenvalue weighted by atomic mass is 32.2. The number of nitrogens with zero attached hydrogens (tertiary/aromatic N) is 3. The van der Waals surface area contributed by atoms with Crippen molar-refractivity contribution in [3.05, 3.63) is 53.5 Å². The van der Waals surface area contributed by atoms with Gasteiger partial charge in [0, 0.05) is 51.8 Å². The molecule has 33 heavy (non-hydrogen) atoms. The molecule has 0 radical (unpaired) electrons. The molecule has 178 valence electrons. The zero-order valence-corrected chi connectivity index (χ0v) is 19.8. The Kier molecular flexibility index (Phi) is 7.19. The number of aryl methyl sites for hydroxylation is 2. The molecule has 0 saturated carbocycles. The molecule has 2 aromatic rings. The third kappa shape index (κ3) is 5.30. The molecular weight excluding hydrogens is 442 g/mol. The number of benzene rings is 1. The molecule has 2 fully saturated rings. The standard InChI is InChI=1S/C24H31N3O5S/c1-19-22(33(30,31)27-12-5-6-13-27)18-21(32-19)24(29)26-16-14-25(15-17-26)23(28)11-7-10-20-8-3-2-4-9-20/h2-4,8-9,18H,5-7,10-17H2,1H3. The monoisotopic (exact) mass is 473 g/mol. The van der Waals surface area contributed by atoms with Gasteiger partial charge in [0.25, 0.3) is 5.91 Å². The molecule has 0 atom stereocenters. The van der Waals surface area contributed by atoms with E-state index >= 15 is 0 Å². The lowest BCUT2D eigenvalue weighted by atomic mass is 10.1. The molecule has 2 aliphatic rings. The van der Waals surface area contributed by atoms with Gasteiger partial charge in [0.1, 0.15) is 10.7 Å². The molecule has 2 saturated heterocycles. The van der Waals surface area contributed by atoms with E-state index in [1.54, 1.807) is 16.7 Å². The van der Waals surface area contributed by atoms with Crippen LogP contribution >= 0.6 is 0 Å². The first-order chi connectivity index (χ1) is 15.9. The van der Waals surface area contributed by atoms with E-state index in [1.807, 2.05) is 18.2 Å². The average molecular weight is 474 g/mol. The van der Waals surface area contributed by atoms with Gasteiger partial charge < -0.3 is 14.2 Å². The van der Waals surface area contributed by atoms with Crippen LogP contribution in [0.5, 0.6) is 0 Å². The van der Waals surface area contributed by atoms with Crippen molar-refractivity contribution in [1.82, 2.24) is 14.1 Å². The van der Waals surface area contributed by atoms with Gasteiger partial charge >= 0.3 is 0 Å². The van der Waals surface area contributed by atoms with E-state index in [1.165, 1.54) is 15.9 Å². The van der Waals surface area contributed by atoms with Crippen LogP contribution in [0.25, 0.3) is 0 Å². The zero-order chi connectivity index (χ0) is 23.4. The minimum atomic E-state index is -3.65. The van der Waals surface area contributed by atoms with Crippen molar-refractivity contribution in [2.24, 2.45) is 0 Å². The highest BCUT2D eigenvalue weighted by Gasteiger charge is 2.33. The number of carbonyl (C=O) groups excluding carboxylic acids is 2. The number of carbonyl (C=O) groups is 2.